The number of benzene rings is 2. The van der Waals surface area contributed by atoms with E-state index in [1.807, 2.05) is 30.3 Å². The van der Waals surface area contributed by atoms with Crippen LogP contribution in [-0.2, 0) is 0 Å². The van der Waals surface area contributed by atoms with Gasteiger partial charge in [0.2, 0.25) is 0 Å². The van der Waals surface area contributed by atoms with E-state index in [-0.39, 0.29) is 0 Å². The van der Waals surface area contributed by atoms with E-state index >= 15 is 0 Å². The van der Waals surface area contributed by atoms with Crippen molar-refractivity contribution in [3.8, 4) is 0 Å². The Morgan fingerprint density at radius 1 is 1.00 bits per heavy atom. The molecule has 1 atom stereocenters. The fraction of sp³-hybridized carbons (Fsp3) is 0.294. The van der Waals surface area contributed by atoms with Crippen molar-refractivity contribution in [2.24, 2.45) is 0 Å². The Morgan fingerprint density at radius 2 is 1.70 bits per heavy atom. The monoisotopic (exact) mass is 394 g/mol. The first-order chi connectivity index (χ1) is 9.65. The van der Waals surface area contributed by atoms with Crippen molar-refractivity contribution in [1.29, 1.82) is 0 Å². The number of hydrogen-bond donors (Lipinski definition) is 1. The molecule has 2 aromatic carbocycles. The van der Waals surface area contributed by atoms with Gasteiger partial charge in [-0.05, 0) is 47.6 Å². The first-order valence-corrected chi connectivity index (χ1v) is 8.46. The van der Waals surface area contributed by atoms with Gasteiger partial charge in [-0.1, -0.05) is 68.6 Å². The Kier molecular flexibility index (Phi) is 4.29. The topological polar surface area (TPSA) is 20.2 Å². The van der Waals surface area contributed by atoms with Crippen molar-refractivity contribution in [1.82, 2.24) is 0 Å². The fourth-order valence-electron chi connectivity index (χ4n) is 2.59. The van der Waals surface area contributed by atoms with Gasteiger partial charge in [0.05, 0.1) is 0 Å². The fourth-order valence-corrected chi connectivity index (χ4v) is 3.86. The smallest absolute Gasteiger partial charge is 0.105 e. The third-order valence-corrected chi connectivity index (χ3v) is 5.27. The molecule has 1 aliphatic rings. The zero-order valence-electron chi connectivity index (χ0n) is 11.0. The highest BCUT2D eigenvalue weighted by molar-refractivity contribution is 9.11. The van der Waals surface area contributed by atoms with Gasteiger partial charge >= 0.3 is 0 Å². The Bertz CT molecular complexity index is 603. The number of halogens is 2. The molecule has 1 aliphatic carbocycles. The molecule has 0 heterocycles. The molecule has 0 aliphatic heterocycles. The van der Waals surface area contributed by atoms with Crippen molar-refractivity contribution in [3.63, 3.8) is 0 Å². The van der Waals surface area contributed by atoms with Gasteiger partial charge < -0.3 is 5.11 Å². The van der Waals surface area contributed by atoms with E-state index < -0.39 is 6.10 Å². The first kappa shape index (κ1) is 14.3. The Balaban J connectivity index is 1.84. The summed E-state index contributed by atoms with van der Waals surface area (Å²) in [5, 5.41) is 10.5. The Labute approximate surface area is 136 Å². The van der Waals surface area contributed by atoms with Gasteiger partial charge in [-0.25, -0.2) is 0 Å². The molecule has 1 N–H and O–H groups in total. The molecule has 2 aromatic rings. The van der Waals surface area contributed by atoms with Gasteiger partial charge in [0, 0.05) is 8.95 Å². The Morgan fingerprint density at radius 3 is 2.25 bits per heavy atom. The minimum atomic E-state index is -0.590. The molecule has 0 amide bonds. The SMILES string of the molecule is OC(c1ccc(C2CCC2)cc1)c1ccc(Br)cc1Br. The summed E-state index contributed by atoms with van der Waals surface area (Å²) in [5.41, 5.74) is 3.24. The molecular formula is C17H16Br2O. The highest BCUT2D eigenvalue weighted by Gasteiger charge is 2.20. The Hall–Kier alpha value is -0.640. The van der Waals surface area contributed by atoms with Crippen molar-refractivity contribution >= 4 is 31.9 Å². The number of rotatable bonds is 3. The summed E-state index contributed by atoms with van der Waals surface area (Å²) in [5.74, 6) is 0.737. The number of aliphatic hydroxyl groups excluding tert-OH is 1. The lowest BCUT2D eigenvalue weighted by Crippen LogP contribution is -2.09. The lowest BCUT2D eigenvalue weighted by atomic mass is 9.80. The van der Waals surface area contributed by atoms with Crippen LogP contribution in [-0.4, -0.2) is 5.11 Å². The highest BCUT2D eigenvalue weighted by Crippen LogP contribution is 2.37. The third-order valence-electron chi connectivity index (χ3n) is 4.09. The van der Waals surface area contributed by atoms with Crippen LogP contribution < -0.4 is 0 Å². The second-order valence-electron chi connectivity index (χ2n) is 5.36. The lowest BCUT2D eigenvalue weighted by Gasteiger charge is -2.26. The summed E-state index contributed by atoms with van der Waals surface area (Å²) < 4.78 is 1.92. The van der Waals surface area contributed by atoms with E-state index in [1.165, 1.54) is 24.8 Å². The molecule has 3 rings (SSSR count). The van der Waals surface area contributed by atoms with E-state index in [1.54, 1.807) is 0 Å². The lowest BCUT2D eigenvalue weighted by molar-refractivity contribution is 0.219. The zero-order chi connectivity index (χ0) is 14.1. The van der Waals surface area contributed by atoms with E-state index in [9.17, 15) is 5.11 Å². The molecule has 1 fully saturated rings. The normalized spacial score (nSPS) is 16.8. The summed E-state index contributed by atoms with van der Waals surface area (Å²) >= 11 is 6.94. The molecule has 0 spiro atoms. The van der Waals surface area contributed by atoms with Gasteiger partial charge in [0.25, 0.3) is 0 Å². The van der Waals surface area contributed by atoms with Crippen molar-refractivity contribution < 1.29 is 5.11 Å². The minimum Gasteiger partial charge on any atom is -0.384 e. The molecule has 1 unspecified atom stereocenters. The van der Waals surface area contributed by atoms with Gasteiger partial charge in [0.1, 0.15) is 6.10 Å². The maximum atomic E-state index is 10.5. The standard InChI is InChI=1S/C17H16Br2O/c18-14-8-9-15(16(19)10-14)17(20)13-6-4-12(5-7-13)11-2-1-3-11/h4-11,17,20H,1-3H2. The van der Waals surface area contributed by atoms with Crippen molar-refractivity contribution in [2.75, 3.05) is 0 Å². The zero-order valence-corrected chi connectivity index (χ0v) is 14.2. The van der Waals surface area contributed by atoms with E-state index in [0.29, 0.717) is 0 Å². The molecule has 0 aromatic heterocycles. The van der Waals surface area contributed by atoms with Crippen LogP contribution in [0.3, 0.4) is 0 Å². The van der Waals surface area contributed by atoms with Crippen LogP contribution in [0.25, 0.3) is 0 Å². The van der Waals surface area contributed by atoms with Gasteiger partial charge in [0.15, 0.2) is 0 Å². The van der Waals surface area contributed by atoms with Crippen LogP contribution in [0.2, 0.25) is 0 Å². The summed E-state index contributed by atoms with van der Waals surface area (Å²) in [7, 11) is 0. The summed E-state index contributed by atoms with van der Waals surface area (Å²) in [6, 6.07) is 14.3. The molecule has 1 nitrogen and oxygen atoms in total. The van der Waals surface area contributed by atoms with Crippen LogP contribution in [0.5, 0.6) is 0 Å². The van der Waals surface area contributed by atoms with Crippen LogP contribution >= 0.6 is 31.9 Å². The molecule has 1 saturated carbocycles. The predicted molar refractivity (Wildman–Crippen MR) is 88.9 cm³/mol. The molecule has 104 valence electrons. The average Bonchev–Trinajstić information content (AvgIpc) is 2.37. The van der Waals surface area contributed by atoms with E-state index in [2.05, 4.69) is 44.0 Å². The third kappa shape index (κ3) is 2.85. The van der Waals surface area contributed by atoms with Gasteiger partial charge in [-0.2, -0.15) is 0 Å². The van der Waals surface area contributed by atoms with Crippen LogP contribution in [0.15, 0.2) is 51.4 Å². The maximum absolute atomic E-state index is 10.5. The van der Waals surface area contributed by atoms with Crippen molar-refractivity contribution in [2.45, 2.75) is 31.3 Å². The number of aliphatic hydroxyl groups is 1. The quantitative estimate of drug-likeness (QED) is 0.721. The highest BCUT2D eigenvalue weighted by atomic mass is 79.9. The molecule has 0 saturated heterocycles. The van der Waals surface area contributed by atoms with E-state index in [0.717, 1.165) is 26.0 Å². The molecule has 3 heteroatoms. The molecule has 0 bridgehead atoms. The second-order valence-corrected chi connectivity index (χ2v) is 7.13. The first-order valence-electron chi connectivity index (χ1n) is 6.88. The predicted octanol–water partition coefficient (Wildman–Crippen LogP) is 5.56. The van der Waals surface area contributed by atoms with E-state index in [4.69, 9.17) is 0 Å². The largest absolute Gasteiger partial charge is 0.384 e. The molecule has 20 heavy (non-hydrogen) atoms. The number of hydrogen-bond acceptors (Lipinski definition) is 1. The summed E-state index contributed by atoms with van der Waals surface area (Å²) in [6.07, 6.45) is 3.37. The molecule has 0 radical (unpaired) electrons. The maximum Gasteiger partial charge on any atom is 0.105 e. The van der Waals surface area contributed by atoms with Gasteiger partial charge in [-0.3, -0.25) is 0 Å². The van der Waals surface area contributed by atoms with Gasteiger partial charge in [-0.15, -0.1) is 0 Å². The summed E-state index contributed by atoms with van der Waals surface area (Å²) in [6.45, 7) is 0. The second kappa shape index (κ2) is 6.00. The van der Waals surface area contributed by atoms with Crippen LogP contribution in [0, 0.1) is 0 Å². The summed E-state index contributed by atoms with van der Waals surface area (Å²) in [4.78, 5) is 0. The van der Waals surface area contributed by atoms with Crippen LogP contribution in [0.1, 0.15) is 48.0 Å². The molecular weight excluding hydrogens is 380 g/mol. The minimum absolute atomic E-state index is 0.590. The average molecular weight is 396 g/mol. The van der Waals surface area contributed by atoms with Crippen LogP contribution in [0.4, 0.5) is 0 Å². The van der Waals surface area contributed by atoms with Crippen molar-refractivity contribution in [3.05, 3.63) is 68.1 Å².